The van der Waals surface area contributed by atoms with Crippen LogP contribution in [0.1, 0.15) is 6.92 Å². The molecular weight excluding hydrogens is 509 g/mol. The molecule has 0 unspecified atom stereocenters. The van der Waals surface area contributed by atoms with Gasteiger partial charge in [-0.2, -0.15) is 13.2 Å². The van der Waals surface area contributed by atoms with E-state index in [0.717, 1.165) is 4.57 Å². The number of carbonyl (C=O) groups excluding carboxylic acids is 1. The highest BCUT2D eigenvalue weighted by atomic mass is 19.4. The summed E-state index contributed by atoms with van der Waals surface area (Å²) in [6.45, 7) is 0.892. The smallest absolute Gasteiger partial charge is 0.369 e. The topological polar surface area (TPSA) is 152 Å². The van der Waals surface area contributed by atoms with E-state index in [1.807, 2.05) is 0 Å². The summed E-state index contributed by atoms with van der Waals surface area (Å²) in [6.07, 6.45) is 1.35. The van der Waals surface area contributed by atoms with E-state index in [2.05, 4.69) is 35.6 Å². The number of nitrogens with zero attached hydrogens (tertiary/aromatic N) is 8. The molecule has 13 nitrogen and oxygen atoms in total. The van der Waals surface area contributed by atoms with E-state index in [1.54, 1.807) is 6.92 Å². The minimum absolute atomic E-state index is 0.0211. The molecule has 200 valence electrons. The first kappa shape index (κ1) is 26.4. The molecular formula is C22H23F3N10O3. The van der Waals surface area contributed by atoms with Crippen molar-refractivity contribution < 1.29 is 18.0 Å². The number of nitrogens with one attached hydrogen (secondary N) is 2. The van der Waals surface area contributed by atoms with Crippen molar-refractivity contribution in [3.8, 4) is 11.4 Å². The predicted molar refractivity (Wildman–Crippen MR) is 133 cm³/mol. The number of rotatable bonds is 7. The third-order valence-electron chi connectivity index (χ3n) is 5.76. The van der Waals surface area contributed by atoms with Crippen molar-refractivity contribution in [1.82, 2.24) is 29.1 Å². The normalized spacial score (nSPS) is 14.0. The van der Waals surface area contributed by atoms with Crippen molar-refractivity contribution in [2.75, 3.05) is 35.2 Å². The number of aromatic nitrogens is 6. The van der Waals surface area contributed by atoms with Crippen LogP contribution < -0.4 is 26.8 Å². The summed E-state index contributed by atoms with van der Waals surface area (Å²) in [7, 11) is 2.77. The van der Waals surface area contributed by atoms with Gasteiger partial charge in [0.1, 0.15) is 11.5 Å². The molecule has 3 aromatic heterocycles. The van der Waals surface area contributed by atoms with Crippen molar-refractivity contribution in [2.24, 2.45) is 25.0 Å². The molecule has 1 aliphatic heterocycles. The number of carbonyl (C=O) groups is 1. The molecule has 4 heterocycles. The molecule has 1 aliphatic rings. The highest BCUT2D eigenvalue weighted by Gasteiger charge is 2.47. The summed E-state index contributed by atoms with van der Waals surface area (Å²) in [6, 6.07) is 1.45. The first-order valence-electron chi connectivity index (χ1n) is 11.3. The maximum atomic E-state index is 12.7. The molecule has 0 atom stereocenters. The summed E-state index contributed by atoms with van der Waals surface area (Å²) >= 11 is 0. The van der Waals surface area contributed by atoms with Gasteiger partial charge in [-0.15, -0.1) is 0 Å². The Hall–Kier alpha value is -4.63. The lowest BCUT2D eigenvalue weighted by atomic mass is 10.0. The van der Waals surface area contributed by atoms with Crippen molar-refractivity contribution in [2.45, 2.75) is 13.1 Å². The summed E-state index contributed by atoms with van der Waals surface area (Å²) in [5, 5.41) is 5.30. The monoisotopic (exact) mass is 532 g/mol. The molecule has 2 N–H and O–H groups in total. The summed E-state index contributed by atoms with van der Waals surface area (Å²) in [5.74, 6) is -1.35. The van der Waals surface area contributed by atoms with Crippen LogP contribution in [0.2, 0.25) is 0 Å². The molecule has 0 spiro atoms. The van der Waals surface area contributed by atoms with Crippen LogP contribution in [-0.2, 0) is 18.9 Å². The Morgan fingerprint density at radius 2 is 1.84 bits per heavy atom. The van der Waals surface area contributed by atoms with Crippen LogP contribution in [0, 0.1) is 5.92 Å². The van der Waals surface area contributed by atoms with E-state index in [4.69, 9.17) is 0 Å². The van der Waals surface area contributed by atoms with Gasteiger partial charge in [-0.1, -0.05) is 0 Å². The molecule has 1 amide bonds. The Morgan fingerprint density at radius 3 is 2.47 bits per heavy atom. The zero-order chi connectivity index (χ0) is 27.6. The van der Waals surface area contributed by atoms with Crippen LogP contribution in [0.4, 0.5) is 36.4 Å². The molecule has 3 aromatic rings. The fraction of sp³-hybridized carbons (Fsp3) is 0.364. The van der Waals surface area contributed by atoms with Crippen LogP contribution in [0.3, 0.4) is 0 Å². The van der Waals surface area contributed by atoms with E-state index in [9.17, 15) is 27.6 Å². The van der Waals surface area contributed by atoms with Gasteiger partial charge in [-0.25, -0.2) is 29.7 Å². The summed E-state index contributed by atoms with van der Waals surface area (Å²) in [4.78, 5) is 59.3. The van der Waals surface area contributed by atoms with Gasteiger partial charge in [-0.3, -0.25) is 18.7 Å². The Labute approximate surface area is 213 Å². The Kier molecular flexibility index (Phi) is 7.23. The number of hydrogen-bond donors (Lipinski definition) is 2. The molecule has 0 saturated carbocycles. The predicted octanol–water partition coefficient (Wildman–Crippen LogP) is 1.10. The first-order chi connectivity index (χ1) is 18.0. The molecule has 0 aliphatic carbocycles. The van der Waals surface area contributed by atoms with E-state index in [-0.39, 0.29) is 48.7 Å². The second-order valence-corrected chi connectivity index (χ2v) is 8.37. The number of alkyl halides is 3. The number of aliphatic imine (C=N–C) groups is 1. The second kappa shape index (κ2) is 10.4. The summed E-state index contributed by atoms with van der Waals surface area (Å²) in [5.41, 5.74) is -0.827. The zero-order valence-electron chi connectivity index (χ0n) is 20.5. The van der Waals surface area contributed by atoms with Crippen LogP contribution in [-0.4, -0.2) is 67.0 Å². The maximum Gasteiger partial charge on any atom is 0.395 e. The molecule has 1 saturated heterocycles. The number of amides is 1. The standard InChI is InChI=1S/C22H23F3N10O3/c1-4-26-18-16(19(37)34(3)21(38)33(18)2)28-9-15(36)31-14-5-6-27-17(32-14)12-7-29-20(30-8-12)35-10-13(11-35)22(23,24)25/h4-8,13,28H,9-11H2,1-3H3,(H,27,31,32,36). The Morgan fingerprint density at radius 1 is 1.16 bits per heavy atom. The van der Waals surface area contributed by atoms with Crippen LogP contribution >= 0.6 is 0 Å². The van der Waals surface area contributed by atoms with Crippen molar-refractivity contribution in [3.05, 3.63) is 45.5 Å². The van der Waals surface area contributed by atoms with E-state index in [0.29, 0.717) is 5.56 Å². The van der Waals surface area contributed by atoms with Crippen LogP contribution in [0.25, 0.3) is 11.4 Å². The molecule has 16 heteroatoms. The molecule has 0 bridgehead atoms. The number of hydrogen-bond acceptors (Lipinski definition) is 10. The van der Waals surface area contributed by atoms with Gasteiger partial charge in [0.15, 0.2) is 11.6 Å². The zero-order valence-corrected chi connectivity index (χ0v) is 20.5. The van der Waals surface area contributed by atoms with E-state index in [1.165, 1.54) is 54.4 Å². The maximum absolute atomic E-state index is 12.7. The lowest BCUT2D eigenvalue weighted by Crippen LogP contribution is -2.54. The van der Waals surface area contributed by atoms with Gasteiger partial charge in [0.25, 0.3) is 5.56 Å². The Balaban J connectivity index is 1.42. The van der Waals surface area contributed by atoms with Gasteiger partial charge < -0.3 is 15.5 Å². The fourth-order valence-electron chi connectivity index (χ4n) is 3.63. The minimum Gasteiger partial charge on any atom is -0.369 e. The molecule has 1 fully saturated rings. The van der Waals surface area contributed by atoms with Crippen LogP contribution in [0.15, 0.2) is 39.2 Å². The molecule has 4 rings (SSSR count). The van der Waals surface area contributed by atoms with Crippen molar-refractivity contribution in [3.63, 3.8) is 0 Å². The van der Waals surface area contributed by atoms with Crippen LogP contribution in [0.5, 0.6) is 0 Å². The highest BCUT2D eigenvalue weighted by molar-refractivity contribution is 5.93. The van der Waals surface area contributed by atoms with Gasteiger partial charge in [0.2, 0.25) is 11.9 Å². The lowest BCUT2D eigenvalue weighted by Gasteiger charge is -2.39. The van der Waals surface area contributed by atoms with Crippen molar-refractivity contribution in [1.29, 1.82) is 0 Å². The lowest BCUT2D eigenvalue weighted by molar-refractivity contribution is -0.180. The number of anilines is 3. The average Bonchev–Trinajstić information content (AvgIpc) is 2.84. The number of halogens is 3. The minimum atomic E-state index is -4.25. The van der Waals surface area contributed by atoms with E-state index >= 15 is 0 Å². The Bertz CT molecular complexity index is 1490. The molecule has 0 radical (unpaired) electrons. The van der Waals surface area contributed by atoms with Gasteiger partial charge >= 0.3 is 11.9 Å². The second-order valence-electron chi connectivity index (χ2n) is 8.37. The summed E-state index contributed by atoms with van der Waals surface area (Å²) < 4.78 is 40.2. The quantitative estimate of drug-likeness (QED) is 0.426. The van der Waals surface area contributed by atoms with E-state index < -0.39 is 29.3 Å². The average molecular weight is 532 g/mol. The fourth-order valence-corrected chi connectivity index (χ4v) is 3.63. The third-order valence-corrected chi connectivity index (χ3v) is 5.76. The first-order valence-corrected chi connectivity index (χ1v) is 11.3. The van der Waals surface area contributed by atoms with Gasteiger partial charge in [0, 0.05) is 52.0 Å². The SMILES string of the molecule is CC=Nc1c(NCC(=O)Nc2ccnc(-c3cnc(N4CC(C(F)(F)F)C4)nc3)n2)c(=O)n(C)c(=O)n1C. The molecule has 38 heavy (non-hydrogen) atoms. The van der Waals surface area contributed by atoms with Gasteiger partial charge in [-0.05, 0) is 13.0 Å². The van der Waals surface area contributed by atoms with Gasteiger partial charge in [0.05, 0.1) is 18.0 Å². The largest absolute Gasteiger partial charge is 0.395 e. The third kappa shape index (κ3) is 5.37. The highest BCUT2D eigenvalue weighted by Crippen LogP contribution is 2.35. The molecule has 0 aromatic carbocycles. The van der Waals surface area contributed by atoms with Crippen molar-refractivity contribution >= 4 is 35.4 Å².